The minimum Gasteiger partial charge on any atom is -0.478 e. The Balaban J connectivity index is 2.29. The van der Waals surface area contributed by atoms with Gasteiger partial charge in [0.15, 0.2) is 15.6 Å². The lowest BCUT2D eigenvalue weighted by Gasteiger charge is -2.27. The molecule has 0 saturated carbocycles. The Kier molecular flexibility index (Phi) is 5.69. The van der Waals surface area contributed by atoms with Crippen LogP contribution >= 0.6 is 0 Å². The molecular formula is C16H23NO6S. The van der Waals surface area contributed by atoms with Crippen molar-refractivity contribution in [3.05, 3.63) is 23.2 Å². The van der Waals surface area contributed by atoms with Gasteiger partial charge >= 0.3 is 5.97 Å². The number of carbonyl (C=O) groups is 2. The van der Waals surface area contributed by atoms with E-state index in [9.17, 15) is 23.1 Å². The van der Waals surface area contributed by atoms with Gasteiger partial charge in [-0.25, -0.2) is 13.2 Å². The van der Waals surface area contributed by atoms with E-state index in [1.807, 2.05) is 6.92 Å². The summed E-state index contributed by atoms with van der Waals surface area (Å²) < 4.78 is 28.9. The van der Waals surface area contributed by atoms with Crippen LogP contribution in [0.5, 0.6) is 0 Å². The van der Waals surface area contributed by atoms with Crippen molar-refractivity contribution in [2.75, 3.05) is 18.1 Å². The summed E-state index contributed by atoms with van der Waals surface area (Å²) in [6, 6.07) is 0.865. The van der Waals surface area contributed by atoms with Crippen molar-refractivity contribution in [3.8, 4) is 0 Å². The van der Waals surface area contributed by atoms with Crippen LogP contribution in [-0.2, 0) is 16.3 Å². The summed E-state index contributed by atoms with van der Waals surface area (Å²) in [5.74, 6) is -1.34. The van der Waals surface area contributed by atoms with Crippen molar-refractivity contribution in [2.45, 2.75) is 45.6 Å². The second kappa shape index (κ2) is 7.38. The number of aryl methyl sites for hydroxylation is 1. The number of unbranched alkanes of at least 4 members (excludes halogenated alkanes) is 1. The van der Waals surface area contributed by atoms with Gasteiger partial charge in [0, 0.05) is 25.1 Å². The molecule has 1 aromatic rings. The van der Waals surface area contributed by atoms with Crippen LogP contribution in [0.15, 0.2) is 10.5 Å². The fraction of sp³-hybridized carbons (Fsp3) is 0.625. The molecule has 1 amide bonds. The zero-order valence-corrected chi connectivity index (χ0v) is 14.8. The fourth-order valence-electron chi connectivity index (χ4n) is 2.92. The standard InChI is InChI=1S/C16H23NO6S/c1-3-5-7-17(11-6-8-24(21,22)10-11)15(18)14-9-12(16(19)20)13(4-2)23-14/h9,11H,3-8,10H2,1-2H3,(H,19,20). The second-order valence-corrected chi connectivity index (χ2v) is 8.24. The Hall–Kier alpha value is -1.83. The van der Waals surface area contributed by atoms with E-state index in [0.717, 1.165) is 12.8 Å². The van der Waals surface area contributed by atoms with Crippen molar-refractivity contribution >= 4 is 21.7 Å². The van der Waals surface area contributed by atoms with E-state index < -0.39 is 21.7 Å². The first-order chi connectivity index (χ1) is 11.3. The van der Waals surface area contributed by atoms with Crippen LogP contribution in [0.25, 0.3) is 0 Å². The molecule has 7 nitrogen and oxygen atoms in total. The molecule has 1 N–H and O–H groups in total. The molecule has 134 valence electrons. The predicted octanol–water partition coefficient (Wildman–Crippen LogP) is 1.97. The molecule has 2 rings (SSSR count). The number of carboxylic acids is 1. The highest BCUT2D eigenvalue weighted by Crippen LogP contribution is 2.23. The lowest BCUT2D eigenvalue weighted by atomic mass is 10.1. The average Bonchev–Trinajstić information content (AvgIpc) is 3.11. The highest BCUT2D eigenvalue weighted by Gasteiger charge is 2.36. The lowest BCUT2D eigenvalue weighted by Crippen LogP contribution is -2.41. The molecule has 1 aliphatic heterocycles. The topological polar surface area (TPSA) is 105 Å². The first-order valence-electron chi connectivity index (χ1n) is 8.16. The molecule has 1 aliphatic rings. The summed E-state index contributed by atoms with van der Waals surface area (Å²) in [5.41, 5.74) is -0.0182. The molecule has 1 unspecified atom stereocenters. The molecule has 2 heterocycles. The number of hydrogen-bond donors (Lipinski definition) is 1. The molecular weight excluding hydrogens is 334 g/mol. The molecule has 24 heavy (non-hydrogen) atoms. The number of furan rings is 1. The van der Waals surface area contributed by atoms with Crippen molar-refractivity contribution < 1.29 is 27.5 Å². The van der Waals surface area contributed by atoms with Gasteiger partial charge in [0.1, 0.15) is 11.3 Å². The number of amides is 1. The third-order valence-corrected chi connectivity index (χ3v) is 5.98. The molecule has 1 atom stereocenters. The van der Waals surface area contributed by atoms with E-state index in [-0.39, 0.29) is 34.6 Å². The van der Waals surface area contributed by atoms with E-state index in [2.05, 4.69) is 0 Å². The maximum Gasteiger partial charge on any atom is 0.339 e. The van der Waals surface area contributed by atoms with Crippen molar-refractivity contribution in [3.63, 3.8) is 0 Å². The Morgan fingerprint density at radius 1 is 1.38 bits per heavy atom. The van der Waals surface area contributed by atoms with E-state index in [4.69, 9.17) is 4.42 Å². The van der Waals surface area contributed by atoms with Crippen LogP contribution in [-0.4, -0.2) is 54.4 Å². The largest absolute Gasteiger partial charge is 0.478 e. The van der Waals surface area contributed by atoms with Crippen molar-refractivity contribution in [1.82, 2.24) is 4.90 Å². The number of hydrogen-bond acceptors (Lipinski definition) is 5. The molecule has 0 radical (unpaired) electrons. The molecule has 0 aliphatic carbocycles. The highest BCUT2D eigenvalue weighted by atomic mass is 32.2. The number of sulfone groups is 1. The fourth-order valence-corrected chi connectivity index (χ4v) is 4.65. The van der Waals surface area contributed by atoms with E-state index >= 15 is 0 Å². The monoisotopic (exact) mass is 357 g/mol. The van der Waals surface area contributed by atoms with Gasteiger partial charge in [-0.2, -0.15) is 0 Å². The van der Waals surface area contributed by atoms with Gasteiger partial charge in [-0.3, -0.25) is 4.79 Å². The first kappa shape index (κ1) is 18.5. The number of carbonyl (C=O) groups excluding carboxylic acids is 1. The summed E-state index contributed by atoms with van der Waals surface area (Å²) in [6.45, 7) is 4.16. The van der Waals surface area contributed by atoms with Gasteiger partial charge < -0.3 is 14.4 Å². The Morgan fingerprint density at radius 3 is 2.54 bits per heavy atom. The maximum absolute atomic E-state index is 12.8. The molecule has 1 saturated heterocycles. The Morgan fingerprint density at radius 2 is 2.08 bits per heavy atom. The molecule has 0 bridgehead atoms. The van der Waals surface area contributed by atoms with Gasteiger partial charge in [0.05, 0.1) is 11.5 Å². The summed E-state index contributed by atoms with van der Waals surface area (Å²) >= 11 is 0. The molecule has 8 heteroatoms. The van der Waals surface area contributed by atoms with Gasteiger partial charge in [-0.05, 0) is 12.8 Å². The van der Waals surface area contributed by atoms with E-state index in [1.54, 1.807) is 6.92 Å². The van der Waals surface area contributed by atoms with Crippen LogP contribution in [0, 0.1) is 0 Å². The number of aromatic carboxylic acids is 1. The van der Waals surface area contributed by atoms with Gasteiger partial charge in [-0.1, -0.05) is 20.3 Å². The zero-order valence-electron chi connectivity index (χ0n) is 13.9. The van der Waals surface area contributed by atoms with Crippen LogP contribution in [0.2, 0.25) is 0 Å². The quantitative estimate of drug-likeness (QED) is 0.800. The van der Waals surface area contributed by atoms with Gasteiger partial charge in [-0.15, -0.1) is 0 Å². The summed E-state index contributed by atoms with van der Waals surface area (Å²) in [5, 5.41) is 9.19. The van der Waals surface area contributed by atoms with Crippen LogP contribution in [0.4, 0.5) is 0 Å². The number of rotatable bonds is 7. The first-order valence-corrected chi connectivity index (χ1v) is 9.98. The Labute approximate surface area is 141 Å². The molecule has 0 spiro atoms. The van der Waals surface area contributed by atoms with Crippen LogP contribution < -0.4 is 0 Å². The zero-order chi connectivity index (χ0) is 17.9. The summed E-state index contributed by atoms with van der Waals surface area (Å²) in [4.78, 5) is 25.6. The normalized spacial score (nSPS) is 19.3. The molecule has 0 aromatic carbocycles. The maximum atomic E-state index is 12.8. The third-order valence-electron chi connectivity index (χ3n) is 4.23. The summed E-state index contributed by atoms with van der Waals surface area (Å²) in [7, 11) is -3.12. The van der Waals surface area contributed by atoms with Gasteiger partial charge in [0.25, 0.3) is 5.91 Å². The predicted molar refractivity (Wildman–Crippen MR) is 88.0 cm³/mol. The number of nitrogens with zero attached hydrogens (tertiary/aromatic N) is 1. The SMILES string of the molecule is CCCCN(C(=O)c1cc(C(=O)O)c(CC)o1)C1CCS(=O)(=O)C1. The van der Waals surface area contributed by atoms with E-state index in [0.29, 0.717) is 19.4 Å². The van der Waals surface area contributed by atoms with Crippen molar-refractivity contribution in [2.24, 2.45) is 0 Å². The smallest absolute Gasteiger partial charge is 0.339 e. The number of carboxylic acid groups (broad SMARTS) is 1. The van der Waals surface area contributed by atoms with Gasteiger partial charge in [0.2, 0.25) is 0 Å². The minimum absolute atomic E-state index is 0.0182. The summed E-state index contributed by atoms with van der Waals surface area (Å²) in [6.07, 6.45) is 2.38. The van der Waals surface area contributed by atoms with Crippen molar-refractivity contribution in [1.29, 1.82) is 0 Å². The molecule has 1 fully saturated rings. The minimum atomic E-state index is -3.12. The van der Waals surface area contributed by atoms with Crippen LogP contribution in [0.1, 0.15) is 59.8 Å². The lowest BCUT2D eigenvalue weighted by molar-refractivity contribution is 0.0656. The third kappa shape index (κ3) is 3.98. The molecule has 1 aromatic heterocycles. The Bertz CT molecular complexity index is 721. The van der Waals surface area contributed by atoms with Crippen LogP contribution in [0.3, 0.4) is 0 Å². The average molecular weight is 357 g/mol. The second-order valence-electron chi connectivity index (χ2n) is 6.02. The van der Waals surface area contributed by atoms with E-state index in [1.165, 1.54) is 11.0 Å². The highest BCUT2D eigenvalue weighted by molar-refractivity contribution is 7.91.